The highest BCUT2D eigenvalue weighted by Crippen LogP contribution is 2.06. The van der Waals surface area contributed by atoms with E-state index in [9.17, 15) is 9.59 Å². The van der Waals surface area contributed by atoms with E-state index in [-0.39, 0.29) is 11.9 Å². The fourth-order valence-electron chi connectivity index (χ4n) is 1.28. The van der Waals surface area contributed by atoms with E-state index in [1.807, 2.05) is 0 Å². The molecule has 0 unspecified atom stereocenters. The molecular weight excluding hydrogens is 184 g/mol. The third kappa shape index (κ3) is 4.84. The third-order valence-corrected chi connectivity index (χ3v) is 2.08. The zero-order valence-corrected chi connectivity index (χ0v) is 8.29. The second-order valence-corrected chi connectivity index (χ2v) is 3.36. The van der Waals surface area contributed by atoms with Crippen LogP contribution in [0.5, 0.6) is 0 Å². The van der Waals surface area contributed by atoms with Crippen molar-refractivity contribution in [2.75, 3.05) is 13.2 Å². The maximum atomic E-state index is 10.5. The normalized spacial score (nSPS) is 21.4. The molecule has 0 amide bonds. The van der Waals surface area contributed by atoms with Crippen LogP contribution in [0.25, 0.3) is 0 Å². The molecule has 0 aliphatic carbocycles. The van der Waals surface area contributed by atoms with Gasteiger partial charge in [-0.25, -0.2) is 0 Å². The second kappa shape index (κ2) is 6.40. The van der Waals surface area contributed by atoms with E-state index in [2.05, 4.69) is 4.74 Å². The molecule has 80 valence electrons. The van der Waals surface area contributed by atoms with Gasteiger partial charge in [-0.15, -0.1) is 0 Å². The van der Waals surface area contributed by atoms with Gasteiger partial charge in [0.25, 0.3) is 0 Å². The molecule has 0 aromatic rings. The molecule has 2 fully saturated rings. The lowest BCUT2D eigenvalue weighted by atomic mass is 10.2. The Morgan fingerprint density at radius 2 is 1.29 bits per heavy atom. The molecule has 2 heterocycles. The molecule has 0 N–H and O–H groups in total. The highest BCUT2D eigenvalue weighted by atomic mass is 16.5. The molecule has 0 aromatic carbocycles. The van der Waals surface area contributed by atoms with Crippen molar-refractivity contribution in [1.82, 2.24) is 0 Å². The van der Waals surface area contributed by atoms with Crippen LogP contribution in [0.2, 0.25) is 0 Å². The van der Waals surface area contributed by atoms with E-state index in [0.29, 0.717) is 26.1 Å². The summed E-state index contributed by atoms with van der Waals surface area (Å²) in [5.41, 5.74) is 0. The van der Waals surface area contributed by atoms with Crippen LogP contribution < -0.4 is 0 Å². The number of hydrogen-bond donors (Lipinski definition) is 0. The molecule has 4 heteroatoms. The van der Waals surface area contributed by atoms with Crippen LogP contribution in [-0.2, 0) is 19.1 Å². The Hall–Kier alpha value is -1.06. The van der Waals surface area contributed by atoms with E-state index in [1.165, 1.54) is 0 Å². The van der Waals surface area contributed by atoms with Crippen molar-refractivity contribution in [3.05, 3.63) is 0 Å². The minimum absolute atomic E-state index is 0.0255. The van der Waals surface area contributed by atoms with Gasteiger partial charge in [0.05, 0.1) is 13.2 Å². The van der Waals surface area contributed by atoms with Gasteiger partial charge in [0.15, 0.2) is 0 Å². The predicted molar refractivity (Wildman–Crippen MR) is 49.6 cm³/mol. The number of cyclic esters (lactones) is 2. The van der Waals surface area contributed by atoms with Crippen molar-refractivity contribution in [1.29, 1.82) is 0 Å². The molecule has 0 spiro atoms. The molecule has 0 atom stereocenters. The smallest absolute Gasteiger partial charge is 0.305 e. The first-order valence-corrected chi connectivity index (χ1v) is 5.10. The third-order valence-electron chi connectivity index (χ3n) is 2.08. The van der Waals surface area contributed by atoms with Gasteiger partial charge >= 0.3 is 11.9 Å². The Morgan fingerprint density at radius 1 is 0.714 bits per heavy atom. The number of ether oxygens (including phenoxy) is 2. The summed E-state index contributed by atoms with van der Waals surface area (Å²) in [6.07, 6.45) is 5.37. The molecule has 0 aromatic heterocycles. The predicted octanol–water partition coefficient (Wildman–Crippen LogP) is 1.43. The van der Waals surface area contributed by atoms with Crippen molar-refractivity contribution in [2.45, 2.75) is 38.5 Å². The molecule has 0 radical (unpaired) electrons. The molecule has 2 rings (SSSR count). The van der Waals surface area contributed by atoms with Gasteiger partial charge < -0.3 is 9.47 Å². The first-order chi connectivity index (χ1) is 6.79. The Labute approximate surface area is 83.6 Å². The Bertz CT molecular complexity index is 182. The van der Waals surface area contributed by atoms with E-state index in [0.717, 1.165) is 25.7 Å². The largest absolute Gasteiger partial charge is 0.466 e. The minimum Gasteiger partial charge on any atom is -0.466 e. The fraction of sp³-hybridized carbons (Fsp3) is 0.800. The SMILES string of the molecule is O=C1CCCCCO1.O=C1CCCO1. The van der Waals surface area contributed by atoms with Crippen molar-refractivity contribution < 1.29 is 19.1 Å². The zero-order valence-electron chi connectivity index (χ0n) is 8.29. The van der Waals surface area contributed by atoms with Crippen molar-refractivity contribution in [2.24, 2.45) is 0 Å². The summed E-state index contributed by atoms with van der Waals surface area (Å²) in [6.45, 7) is 1.28. The van der Waals surface area contributed by atoms with Gasteiger partial charge in [-0.2, -0.15) is 0 Å². The van der Waals surface area contributed by atoms with Gasteiger partial charge in [0.2, 0.25) is 0 Å². The van der Waals surface area contributed by atoms with E-state index < -0.39 is 0 Å². The highest BCUT2D eigenvalue weighted by Gasteiger charge is 2.08. The molecule has 14 heavy (non-hydrogen) atoms. The summed E-state index contributed by atoms with van der Waals surface area (Å²) in [7, 11) is 0. The first kappa shape index (κ1) is 11.0. The van der Waals surface area contributed by atoms with Gasteiger partial charge in [-0.3, -0.25) is 9.59 Å². The van der Waals surface area contributed by atoms with Crippen LogP contribution in [-0.4, -0.2) is 25.2 Å². The second-order valence-electron chi connectivity index (χ2n) is 3.36. The van der Waals surface area contributed by atoms with E-state index >= 15 is 0 Å². The van der Waals surface area contributed by atoms with Crippen LogP contribution in [0.15, 0.2) is 0 Å². The van der Waals surface area contributed by atoms with Crippen LogP contribution in [0.3, 0.4) is 0 Å². The number of carbonyl (C=O) groups is 2. The number of esters is 2. The number of carbonyl (C=O) groups excluding carboxylic acids is 2. The number of rotatable bonds is 0. The van der Waals surface area contributed by atoms with E-state index in [1.54, 1.807) is 0 Å². The quantitative estimate of drug-likeness (QED) is 0.555. The molecule has 0 saturated carbocycles. The minimum atomic E-state index is -0.0463. The van der Waals surface area contributed by atoms with Crippen molar-refractivity contribution in [3.8, 4) is 0 Å². The monoisotopic (exact) mass is 200 g/mol. The van der Waals surface area contributed by atoms with Crippen LogP contribution in [0, 0.1) is 0 Å². The van der Waals surface area contributed by atoms with Gasteiger partial charge in [0, 0.05) is 12.8 Å². The van der Waals surface area contributed by atoms with Crippen LogP contribution in [0.1, 0.15) is 38.5 Å². The summed E-state index contributed by atoms with van der Waals surface area (Å²) >= 11 is 0. The summed E-state index contributed by atoms with van der Waals surface area (Å²) in [4.78, 5) is 20.5. The topological polar surface area (TPSA) is 52.6 Å². The molecule has 2 aliphatic heterocycles. The zero-order chi connectivity index (χ0) is 10.2. The van der Waals surface area contributed by atoms with Gasteiger partial charge in [-0.1, -0.05) is 0 Å². The van der Waals surface area contributed by atoms with Crippen LogP contribution >= 0.6 is 0 Å². The molecule has 2 saturated heterocycles. The lowest BCUT2D eigenvalue weighted by Gasteiger charge is -1.93. The summed E-state index contributed by atoms with van der Waals surface area (Å²) in [6, 6.07) is 0. The molecular formula is C10H16O4. The lowest BCUT2D eigenvalue weighted by Crippen LogP contribution is -2.00. The van der Waals surface area contributed by atoms with Crippen LogP contribution in [0.4, 0.5) is 0 Å². The summed E-state index contributed by atoms with van der Waals surface area (Å²) < 4.78 is 9.28. The molecule has 2 aliphatic rings. The van der Waals surface area contributed by atoms with E-state index in [4.69, 9.17) is 4.74 Å². The summed E-state index contributed by atoms with van der Waals surface area (Å²) in [5, 5.41) is 0. The van der Waals surface area contributed by atoms with Crippen molar-refractivity contribution in [3.63, 3.8) is 0 Å². The molecule has 4 nitrogen and oxygen atoms in total. The van der Waals surface area contributed by atoms with Gasteiger partial charge in [-0.05, 0) is 25.7 Å². The van der Waals surface area contributed by atoms with Crippen molar-refractivity contribution >= 4 is 11.9 Å². The fourth-order valence-corrected chi connectivity index (χ4v) is 1.28. The Kier molecular flexibility index (Phi) is 5.04. The standard InChI is InChI=1S/C6H10O2.C4H6O2/c7-6-4-2-1-3-5-8-6;5-4-2-1-3-6-4/h1-5H2;1-3H2. The molecule has 0 bridgehead atoms. The Balaban J connectivity index is 0.000000146. The maximum absolute atomic E-state index is 10.5. The Morgan fingerprint density at radius 3 is 1.86 bits per heavy atom. The highest BCUT2D eigenvalue weighted by molar-refractivity contribution is 5.70. The first-order valence-electron chi connectivity index (χ1n) is 5.10. The van der Waals surface area contributed by atoms with Gasteiger partial charge in [0.1, 0.15) is 0 Å². The average Bonchev–Trinajstić information content (AvgIpc) is 2.51. The average molecular weight is 200 g/mol. The maximum Gasteiger partial charge on any atom is 0.305 e. The number of hydrogen-bond acceptors (Lipinski definition) is 4. The summed E-state index contributed by atoms with van der Waals surface area (Å²) in [5.74, 6) is -0.0718. The lowest BCUT2D eigenvalue weighted by molar-refractivity contribution is -0.142.